The smallest absolute Gasteiger partial charge is 0.0675 e. The molecule has 2 nitrogen and oxygen atoms in total. The van der Waals surface area contributed by atoms with Crippen LogP contribution >= 0.6 is 0 Å². The standard InChI is InChI=1S/C20H34O2/c1-13(2)7-6-12-20(5,22)17-11-9-14(3)16-10-8-15(4)18(16)19(17)21/h7-8,14,16-19,21-22H,6,9-12H2,1-5H3/t14-,16+,17-,18-,19-,20+/m1/s1. The van der Waals surface area contributed by atoms with Gasteiger partial charge in [-0.3, -0.25) is 0 Å². The van der Waals surface area contributed by atoms with Gasteiger partial charge in [-0.15, -0.1) is 0 Å². The van der Waals surface area contributed by atoms with Crippen LogP contribution in [0.1, 0.15) is 66.7 Å². The molecule has 0 unspecified atom stereocenters. The summed E-state index contributed by atoms with van der Waals surface area (Å²) < 4.78 is 0. The van der Waals surface area contributed by atoms with E-state index in [2.05, 4.69) is 39.8 Å². The molecule has 2 heteroatoms. The van der Waals surface area contributed by atoms with Gasteiger partial charge in [0, 0.05) is 11.8 Å². The molecule has 0 spiro atoms. The molecule has 0 heterocycles. The molecule has 0 bridgehead atoms. The molecule has 0 aliphatic heterocycles. The van der Waals surface area contributed by atoms with Crippen molar-refractivity contribution >= 4 is 0 Å². The second-order valence-electron chi connectivity index (χ2n) is 8.20. The lowest BCUT2D eigenvalue weighted by Crippen LogP contribution is -2.45. The maximum absolute atomic E-state index is 11.0. The van der Waals surface area contributed by atoms with Crippen LogP contribution in [0.5, 0.6) is 0 Å². The Bertz CT molecular complexity index is 443. The summed E-state index contributed by atoms with van der Waals surface area (Å²) in [5.41, 5.74) is 1.83. The molecule has 22 heavy (non-hydrogen) atoms. The Hall–Kier alpha value is -0.600. The van der Waals surface area contributed by atoms with E-state index in [1.165, 1.54) is 11.1 Å². The first kappa shape index (κ1) is 17.7. The van der Waals surface area contributed by atoms with Gasteiger partial charge in [0.25, 0.3) is 0 Å². The molecule has 0 aromatic heterocycles. The maximum Gasteiger partial charge on any atom is 0.0675 e. The summed E-state index contributed by atoms with van der Waals surface area (Å²) in [5.74, 6) is 1.43. The highest BCUT2D eigenvalue weighted by Gasteiger charge is 2.47. The van der Waals surface area contributed by atoms with Crippen molar-refractivity contribution in [2.45, 2.75) is 78.4 Å². The summed E-state index contributed by atoms with van der Waals surface area (Å²) in [5, 5.41) is 22.1. The van der Waals surface area contributed by atoms with Crippen LogP contribution in [-0.4, -0.2) is 21.9 Å². The normalized spacial score (nSPS) is 37.8. The Kier molecular flexibility index (Phi) is 5.55. The quantitative estimate of drug-likeness (QED) is 0.752. The van der Waals surface area contributed by atoms with Crippen molar-refractivity contribution in [2.75, 3.05) is 0 Å². The van der Waals surface area contributed by atoms with Crippen LogP contribution in [0.25, 0.3) is 0 Å². The molecule has 1 fully saturated rings. The Morgan fingerprint density at radius 3 is 2.68 bits per heavy atom. The molecular weight excluding hydrogens is 272 g/mol. The molecule has 126 valence electrons. The van der Waals surface area contributed by atoms with Crippen molar-refractivity contribution in [3.63, 3.8) is 0 Å². The van der Waals surface area contributed by atoms with Crippen LogP contribution in [0, 0.1) is 23.7 Å². The highest BCUT2D eigenvalue weighted by Crippen LogP contribution is 2.48. The van der Waals surface area contributed by atoms with Gasteiger partial charge in [-0.05, 0) is 71.6 Å². The van der Waals surface area contributed by atoms with Crippen molar-refractivity contribution in [3.8, 4) is 0 Å². The van der Waals surface area contributed by atoms with Gasteiger partial charge >= 0.3 is 0 Å². The molecule has 1 saturated carbocycles. The van der Waals surface area contributed by atoms with Gasteiger partial charge in [0.2, 0.25) is 0 Å². The Labute approximate surface area is 136 Å². The molecule has 0 aromatic carbocycles. The molecule has 0 aromatic rings. The topological polar surface area (TPSA) is 40.5 Å². The molecule has 2 N–H and O–H groups in total. The minimum atomic E-state index is -0.789. The first-order valence-corrected chi connectivity index (χ1v) is 8.94. The number of rotatable bonds is 4. The molecule has 2 rings (SSSR count). The van der Waals surface area contributed by atoms with Crippen LogP contribution < -0.4 is 0 Å². The van der Waals surface area contributed by atoms with Crippen molar-refractivity contribution < 1.29 is 10.2 Å². The van der Waals surface area contributed by atoms with Gasteiger partial charge < -0.3 is 10.2 Å². The minimum Gasteiger partial charge on any atom is -0.392 e. The monoisotopic (exact) mass is 306 g/mol. The fraction of sp³-hybridized carbons (Fsp3) is 0.800. The average Bonchev–Trinajstić information content (AvgIpc) is 2.73. The molecule has 0 amide bonds. The van der Waals surface area contributed by atoms with Crippen molar-refractivity contribution in [1.82, 2.24) is 0 Å². The summed E-state index contributed by atoms with van der Waals surface area (Å²) in [4.78, 5) is 0. The lowest BCUT2D eigenvalue weighted by atomic mass is 9.73. The molecule has 0 radical (unpaired) electrons. The van der Waals surface area contributed by atoms with E-state index in [0.717, 1.165) is 32.1 Å². The third-order valence-corrected chi connectivity index (χ3v) is 6.15. The highest BCUT2D eigenvalue weighted by atomic mass is 16.3. The van der Waals surface area contributed by atoms with Crippen LogP contribution in [-0.2, 0) is 0 Å². The van der Waals surface area contributed by atoms with Crippen molar-refractivity contribution in [2.24, 2.45) is 23.7 Å². The van der Waals surface area contributed by atoms with Crippen LogP contribution in [0.2, 0.25) is 0 Å². The largest absolute Gasteiger partial charge is 0.392 e. The van der Waals surface area contributed by atoms with Gasteiger partial charge in [0.05, 0.1) is 11.7 Å². The van der Waals surface area contributed by atoms with E-state index < -0.39 is 11.7 Å². The lowest BCUT2D eigenvalue weighted by Gasteiger charge is -2.38. The number of aliphatic hydroxyl groups excluding tert-OH is 1. The number of hydrogen-bond donors (Lipinski definition) is 2. The van der Waals surface area contributed by atoms with Gasteiger partial charge in [-0.25, -0.2) is 0 Å². The van der Waals surface area contributed by atoms with E-state index in [0.29, 0.717) is 11.8 Å². The predicted molar refractivity (Wildman–Crippen MR) is 92.5 cm³/mol. The summed E-state index contributed by atoms with van der Waals surface area (Å²) >= 11 is 0. The second kappa shape index (κ2) is 6.88. The van der Waals surface area contributed by atoms with E-state index in [1.807, 2.05) is 6.92 Å². The summed E-state index contributed by atoms with van der Waals surface area (Å²) in [7, 11) is 0. The minimum absolute atomic E-state index is 0.0167. The molecular formula is C20H34O2. The molecule has 0 saturated heterocycles. The maximum atomic E-state index is 11.0. The van der Waals surface area contributed by atoms with Gasteiger partial charge in [-0.1, -0.05) is 30.2 Å². The fourth-order valence-electron chi connectivity index (χ4n) is 4.65. The zero-order chi connectivity index (χ0) is 16.5. The molecule has 2 aliphatic carbocycles. The SMILES string of the molecule is CC(C)=CCC[C@](C)(O)[C@@H]1CC[C@@H](C)[C@@H]2CC=C(C)[C@H]2[C@@H]1O. The average molecular weight is 306 g/mol. The van der Waals surface area contributed by atoms with Crippen molar-refractivity contribution in [1.29, 1.82) is 0 Å². The Morgan fingerprint density at radius 1 is 1.36 bits per heavy atom. The molecule has 2 aliphatic rings. The summed E-state index contributed by atoms with van der Waals surface area (Å²) in [6, 6.07) is 0. The van der Waals surface area contributed by atoms with Crippen LogP contribution in [0.15, 0.2) is 23.3 Å². The van der Waals surface area contributed by atoms with E-state index in [9.17, 15) is 10.2 Å². The second-order valence-corrected chi connectivity index (χ2v) is 8.20. The zero-order valence-electron chi connectivity index (χ0n) is 15.0. The zero-order valence-corrected chi connectivity index (χ0v) is 15.0. The van der Waals surface area contributed by atoms with E-state index in [-0.39, 0.29) is 11.8 Å². The first-order chi connectivity index (χ1) is 10.2. The first-order valence-electron chi connectivity index (χ1n) is 8.94. The lowest BCUT2D eigenvalue weighted by molar-refractivity contribution is -0.0796. The van der Waals surface area contributed by atoms with Gasteiger partial charge in [-0.2, -0.15) is 0 Å². The van der Waals surface area contributed by atoms with Crippen LogP contribution in [0.3, 0.4) is 0 Å². The van der Waals surface area contributed by atoms with E-state index >= 15 is 0 Å². The molecule has 6 atom stereocenters. The van der Waals surface area contributed by atoms with Gasteiger partial charge in [0.15, 0.2) is 0 Å². The Morgan fingerprint density at radius 2 is 2.05 bits per heavy atom. The summed E-state index contributed by atoms with van der Waals surface area (Å²) in [6.45, 7) is 10.6. The number of hydrogen-bond acceptors (Lipinski definition) is 2. The Balaban J connectivity index is 2.15. The van der Waals surface area contributed by atoms with Crippen molar-refractivity contribution in [3.05, 3.63) is 23.3 Å². The van der Waals surface area contributed by atoms with E-state index in [4.69, 9.17) is 0 Å². The van der Waals surface area contributed by atoms with E-state index in [1.54, 1.807) is 0 Å². The highest BCUT2D eigenvalue weighted by molar-refractivity contribution is 5.18. The predicted octanol–water partition coefficient (Wildman–Crippen LogP) is 4.47. The fourth-order valence-corrected chi connectivity index (χ4v) is 4.65. The van der Waals surface area contributed by atoms with Gasteiger partial charge in [0.1, 0.15) is 0 Å². The summed E-state index contributed by atoms with van der Waals surface area (Å²) in [6.07, 6.45) is 8.84. The number of fused-ring (bicyclic) bond motifs is 1. The number of allylic oxidation sites excluding steroid dienone is 3. The van der Waals surface area contributed by atoms with Crippen LogP contribution in [0.4, 0.5) is 0 Å². The third-order valence-electron chi connectivity index (χ3n) is 6.15. The number of aliphatic hydroxyl groups is 2. The third kappa shape index (κ3) is 3.65.